The van der Waals surface area contributed by atoms with Crippen molar-refractivity contribution in [2.45, 2.75) is 58.0 Å². The highest BCUT2D eigenvalue weighted by Crippen LogP contribution is 2.28. The quantitative estimate of drug-likeness (QED) is 0.860. The van der Waals surface area contributed by atoms with E-state index in [0.29, 0.717) is 0 Å². The molecule has 0 unspecified atom stereocenters. The molecule has 0 aromatic heterocycles. The molecule has 1 aliphatic heterocycles. The molecular weight excluding hydrogens is 232 g/mol. The van der Waals surface area contributed by atoms with E-state index in [2.05, 4.69) is 35.8 Å². The molecule has 0 spiro atoms. The van der Waals surface area contributed by atoms with Crippen molar-refractivity contribution in [1.82, 2.24) is 5.32 Å². The Morgan fingerprint density at radius 1 is 1.21 bits per heavy atom. The van der Waals surface area contributed by atoms with Gasteiger partial charge in [-0.25, -0.2) is 0 Å². The molecule has 0 radical (unpaired) electrons. The number of anilines is 1. The molecule has 1 aliphatic carbocycles. The lowest BCUT2D eigenvalue weighted by atomic mass is 9.84. The lowest BCUT2D eigenvalue weighted by molar-refractivity contribution is 0.285. The minimum Gasteiger partial charge on any atom is -0.384 e. The third kappa shape index (κ3) is 2.94. The van der Waals surface area contributed by atoms with Crippen LogP contribution >= 0.6 is 0 Å². The van der Waals surface area contributed by atoms with Crippen molar-refractivity contribution in [3.05, 3.63) is 29.3 Å². The predicted molar refractivity (Wildman–Crippen MR) is 81.5 cm³/mol. The fraction of sp³-hybridized carbons (Fsp3) is 0.647. The molecular formula is C17H26N2. The van der Waals surface area contributed by atoms with Crippen molar-refractivity contribution in [2.24, 2.45) is 5.92 Å². The first-order valence-electron chi connectivity index (χ1n) is 7.95. The topological polar surface area (TPSA) is 24.1 Å². The van der Waals surface area contributed by atoms with E-state index in [0.717, 1.165) is 25.0 Å². The van der Waals surface area contributed by atoms with E-state index in [1.54, 1.807) is 0 Å². The van der Waals surface area contributed by atoms with Crippen LogP contribution < -0.4 is 10.6 Å². The molecule has 1 aromatic rings. The van der Waals surface area contributed by atoms with E-state index >= 15 is 0 Å². The molecule has 2 aliphatic rings. The third-order valence-corrected chi connectivity index (χ3v) is 4.94. The van der Waals surface area contributed by atoms with Crippen LogP contribution in [0.4, 0.5) is 5.69 Å². The van der Waals surface area contributed by atoms with Crippen molar-refractivity contribution in [3.8, 4) is 0 Å². The molecule has 1 aromatic carbocycles. The lowest BCUT2D eigenvalue weighted by Crippen LogP contribution is -2.32. The Labute approximate surface area is 117 Å². The third-order valence-electron chi connectivity index (χ3n) is 4.94. The Kier molecular flexibility index (Phi) is 4.07. The van der Waals surface area contributed by atoms with Crippen LogP contribution in [-0.2, 0) is 13.0 Å². The van der Waals surface area contributed by atoms with Crippen molar-refractivity contribution in [1.29, 1.82) is 0 Å². The number of nitrogens with one attached hydrogen (secondary N) is 2. The summed E-state index contributed by atoms with van der Waals surface area (Å²) >= 11 is 0. The minimum atomic E-state index is 0.736. The zero-order valence-corrected chi connectivity index (χ0v) is 12.0. The van der Waals surface area contributed by atoms with E-state index < -0.39 is 0 Å². The van der Waals surface area contributed by atoms with E-state index in [1.165, 1.54) is 55.3 Å². The maximum Gasteiger partial charge on any atom is 0.0419 e. The van der Waals surface area contributed by atoms with Gasteiger partial charge in [-0.1, -0.05) is 31.5 Å². The smallest absolute Gasteiger partial charge is 0.0419 e. The second-order valence-electron chi connectivity index (χ2n) is 6.13. The predicted octanol–water partition coefficient (Wildman–Crippen LogP) is 3.71. The SMILES string of the molecule is CCC1CCC(NCc2cccc3c2NCC3)CC1. The molecule has 19 heavy (non-hydrogen) atoms. The fourth-order valence-corrected chi connectivity index (χ4v) is 3.59. The van der Waals surface area contributed by atoms with Gasteiger partial charge in [0.1, 0.15) is 0 Å². The number of benzene rings is 1. The minimum absolute atomic E-state index is 0.736. The van der Waals surface area contributed by atoms with Crippen molar-refractivity contribution >= 4 is 5.69 Å². The molecule has 2 N–H and O–H groups in total. The summed E-state index contributed by atoms with van der Waals surface area (Å²) in [5.41, 5.74) is 4.35. The fourth-order valence-electron chi connectivity index (χ4n) is 3.59. The lowest BCUT2D eigenvalue weighted by Gasteiger charge is -2.28. The van der Waals surface area contributed by atoms with E-state index in [9.17, 15) is 0 Å². The summed E-state index contributed by atoms with van der Waals surface area (Å²) in [7, 11) is 0. The van der Waals surface area contributed by atoms with Gasteiger partial charge in [-0.15, -0.1) is 0 Å². The molecule has 0 saturated heterocycles. The van der Waals surface area contributed by atoms with Crippen LogP contribution in [0.2, 0.25) is 0 Å². The summed E-state index contributed by atoms with van der Waals surface area (Å²) in [6.07, 6.45) is 8.11. The second kappa shape index (κ2) is 5.96. The molecule has 0 bridgehead atoms. The van der Waals surface area contributed by atoms with Crippen LogP contribution in [0.25, 0.3) is 0 Å². The van der Waals surface area contributed by atoms with Gasteiger partial charge in [-0.05, 0) is 49.1 Å². The van der Waals surface area contributed by atoms with Gasteiger partial charge >= 0.3 is 0 Å². The summed E-state index contributed by atoms with van der Waals surface area (Å²) in [5, 5.41) is 7.30. The summed E-state index contributed by atoms with van der Waals surface area (Å²) in [6.45, 7) is 4.46. The summed E-state index contributed by atoms with van der Waals surface area (Å²) in [5.74, 6) is 0.987. The zero-order valence-electron chi connectivity index (χ0n) is 12.0. The average Bonchev–Trinajstić information content (AvgIpc) is 2.94. The van der Waals surface area contributed by atoms with Gasteiger partial charge in [0.15, 0.2) is 0 Å². The Morgan fingerprint density at radius 3 is 2.84 bits per heavy atom. The highest BCUT2D eigenvalue weighted by atomic mass is 14.9. The number of para-hydroxylation sites is 1. The number of fused-ring (bicyclic) bond motifs is 1. The Hall–Kier alpha value is -1.02. The van der Waals surface area contributed by atoms with E-state index in [-0.39, 0.29) is 0 Å². The largest absolute Gasteiger partial charge is 0.384 e. The van der Waals surface area contributed by atoms with E-state index in [4.69, 9.17) is 0 Å². The summed E-state index contributed by atoms with van der Waals surface area (Å²) in [6, 6.07) is 7.46. The van der Waals surface area contributed by atoms with Crippen LogP contribution in [0.5, 0.6) is 0 Å². The van der Waals surface area contributed by atoms with Crippen LogP contribution in [-0.4, -0.2) is 12.6 Å². The highest BCUT2D eigenvalue weighted by molar-refractivity contribution is 5.61. The number of hydrogen-bond donors (Lipinski definition) is 2. The van der Waals surface area contributed by atoms with Gasteiger partial charge in [-0.3, -0.25) is 0 Å². The number of hydrogen-bond acceptors (Lipinski definition) is 2. The molecule has 1 fully saturated rings. The van der Waals surface area contributed by atoms with Crippen LogP contribution in [0.15, 0.2) is 18.2 Å². The standard InChI is InChI=1S/C17H26N2/c1-2-13-6-8-16(9-7-13)19-12-15-5-3-4-14-10-11-18-17(14)15/h3-5,13,16,18-19H,2,6-12H2,1H3. The second-order valence-corrected chi connectivity index (χ2v) is 6.13. The van der Waals surface area contributed by atoms with Crippen molar-refractivity contribution < 1.29 is 0 Å². The summed E-state index contributed by atoms with van der Waals surface area (Å²) < 4.78 is 0. The van der Waals surface area contributed by atoms with Gasteiger partial charge < -0.3 is 10.6 Å². The van der Waals surface area contributed by atoms with Gasteiger partial charge in [0.05, 0.1) is 0 Å². The first kappa shape index (κ1) is 13.0. The maximum absolute atomic E-state index is 3.77. The van der Waals surface area contributed by atoms with Crippen molar-refractivity contribution in [2.75, 3.05) is 11.9 Å². The van der Waals surface area contributed by atoms with Gasteiger partial charge in [-0.2, -0.15) is 0 Å². The van der Waals surface area contributed by atoms with Crippen molar-refractivity contribution in [3.63, 3.8) is 0 Å². The van der Waals surface area contributed by atoms with Crippen LogP contribution in [0.3, 0.4) is 0 Å². The van der Waals surface area contributed by atoms with Crippen LogP contribution in [0, 0.1) is 5.92 Å². The molecule has 1 saturated carbocycles. The summed E-state index contributed by atoms with van der Waals surface area (Å²) in [4.78, 5) is 0. The average molecular weight is 258 g/mol. The monoisotopic (exact) mass is 258 g/mol. The molecule has 0 atom stereocenters. The maximum atomic E-state index is 3.77. The van der Waals surface area contributed by atoms with Gasteiger partial charge in [0.2, 0.25) is 0 Å². The van der Waals surface area contributed by atoms with E-state index in [1.807, 2.05) is 0 Å². The molecule has 1 heterocycles. The van der Waals surface area contributed by atoms with Gasteiger partial charge in [0.25, 0.3) is 0 Å². The molecule has 2 heteroatoms. The Morgan fingerprint density at radius 2 is 2.05 bits per heavy atom. The first-order chi connectivity index (χ1) is 9.36. The molecule has 2 nitrogen and oxygen atoms in total. The molecule has 3 rings (SSSR count). The van der Waals surface area contributed by atoms with Gasteiger partial charge in [0, 0.05) is 24.8 Å². The number of rotatable bonds is 4. The Balaban J connectivity index is 1.54. The zero-order chi connectivity index (χ0) is 13.1. The molecule has 0 amide bonds. The Bertz CT molecular complexity index is 419. The first-order valence-corrected chi connectivity index (χ1v) is 7.95. The van der Waals surface area contributed by atoms with Crippen LogP contribution in [0.1, 0.15) is 50.2 Å². The highest BCUT2D eigenvalue weighted by Gasteiger charge is 2.20. The molecule has 104 valence electrons. The normalized spacial score (nSPS) is 25.9.